The highest BCUT2D eigenvalue weighted by atomic mass is 19.1. The molecule has 0 aliphatic rings. The van der Waals surface area contributed by atoms with Crippen LogP contribution in [0, 0.1) is 5.82 Å². The van der Waals surface area contributed by atoms with Crippen molar-refractivity contribution in [2.75, 3.05) is 26.8 Å². The lowest BCUT2D eigenvalue weighted by molar-refractivity contribution is 0.199. The van der Waals surface area contributed by atoms with Gasteiger partial charge >= 0.3 is 0 Å². The zero-order valence-corrected chi connectivity index (χ0v) is 8.79. The van der Waals surface area contributed by atoms with E-state index in [0.717, 1.165) is 24.7 Å². The summed E-state index contributed by atoms with van der Waals surface area (Å²) in [7, 11) is 1.65. The molecular weight excluding hydrogens is 197 g/mol. The van der Waals surface area contributed by atoms with Crippen LogP contribution < -0.4 is 5.32 Å². The van der Waals surface area contributed by atoms with Crippen LogP contribution in [0.2, 0.25) is 0 Å². The standard InChI is InChI=1S/C11H16FNO2/c1-15-5-4-13-3-2-9-6-10(12)8-11(14)7-9/h6-8,13-14H,2-5H2,1H3. The quantitative estimate of drug-likeness (QED) is 0.700. The van der Waals surface area contributed by atoms with Crippen LogP contribution in [0.4, 0.5) is 4.39 Å². The van der Waals surface area contributed by atoms with E-state index in [1.165, 1.54) is 6.07 Å². The van der Waals surface area contributed by atoms with Crippen molar-refractivity contribution in [2.45, 2.75) is 6.42 Å². The summed E-state index contributed by atoms with van der Waals surface area (Å²) in [5, 5.41) is 12.3. The molecule has 0 amide bonds. The fraction of sp³-hybridized carbons (Fsp3) is 0.455. The highest BCUT2D eigenvalue weighted by Gasteiger charge is 1.99. The lowest BCUT2D eigenvalue weighted by Gasteiger charge is -2.04. The molecule has 0 aromatic heterocycles. The Kier molecular flexibility index (Phi) is 5.07. The maximum absolute atomic E-state index is 12.9. The molecular formula is C11H16FNO2. The maximum Gasteiger partial charge on any atom is 0.127 e. The highest BCUT2D eigenvalue weighted by molar-refractivity contribution is 5.28. The number of ether oxygens (including phenoxy) is 1. The van der Waals surface area contributed by atoms with Crippen molar-refractivity contribution in [2.24, 2.45) is 0 Å². The van der Waals surface area contributed by atoms with E-state index >= 15 is 0 Å². The Balaban J connectivity index is 2.31. The zero-order chi connectivity index (χ0) is 11.1. The Hall–Kier alpha value is -1.13. The fourth-order valence-corrected chi connectivity index (χ4v) is 1.31. The number of aromatic hydroxyl groups is 1. The zero-order valence-electron chi connectivity index (χ0n) is 8.79. The number of nitrogens with one attached hydrogen (secondary N) is 1. The minimum Gasteiger partial charge on any atom is -0.508 e. The molecule has 1 aromatic rings. The lowest BCUT2D eigenvalue weighted by Crippen LogP contribution is -2.21. The van der Waals surface area contributed by atoms with E-state index in [4.69, 9.17) is 9.84 Å². The number of benzene rings is 1. The number of hydrogen-bond donors (Lipinski definition) is 2. The largest absolute Gasteiger partial charge is 0.508 e. The van der Waals surface area contributed by atoms with Crippen molar-refractivity contribution >= 4 is 0 Å². The van der Waals surface area contributed by atoms with Gasteiger partial charge in [-0.15, -0.1) is 0 Å². The van der Waals surface area contributed by atoms with Gasteiger partial charge in [0.25, 0.3) is 0 Å². The SMILES string of the molecule is COCCNCCc1cc(O)cc(F)c1. The van der Waals surface area contributed by atoms with Gasteiger partial charge in [-0.05, 0) is 30.7 Å². The van der Waals surface area contributed by atoms with Crippen LogP contribution in [0.1, 0.15) is 5.56 Å². The van der Waals surface area contributed by atoms with Gasteiger partial charge in [-0.1, -0.05) is 0 Å². The van der Waals surface area contributed by atoms with Crippen molar-refractivity contribution < 1.29 is 14.2 Å². The van der Waals surface area contributed by atoms with Crippen LogP contribution in [-0.4, -0.2) is 31.9 Å². The maximum atomic E-state index is 12.9. The number of hydrogen-bond acceptors (Lipinski definition) is 3. The van der Waals surface area contributed by atoms with Gasteiger partial charge in [0.15, 0.2) is 0 Å². The summed E-state index contributed by atoms with van der Waals surface area (Å²) in [5.74, 6) is -0.427. The van der Waals surface area contributed by atoms with Crippen LogP contribution in [0.5, 0.6) is 5.75 Å². The summed E-state index contributed by atoms with van der Waals surface area (Å²) in [6, 6.07) is 4.10. The molecule has 0 spiro atoms. The Bertz CT molecular complexity index is 284. The van der Waals surface area contributed by atoms with E-state index < -0.39 is 5.82 Å². The molecule has 0 unspecified atom stereocenters. The second-order valence-corrected chi connectivity index (χ2v) is 3.31. The van der Waals surface area contributed by atoms with Crippen LogP contribution in [0.25, 0.3) is 0 Å². The summed E-state index contributed by atoms with van der Waals surface area (Å²) in [6.07, 6.45) is 0.690. The van der Waals surface area contributed by atoms with Crippen molar-refractivity contribution in [1.29, 1.82) is 0 Å². The summed E-state index contributed by atoms with van der Waals surface area (Å²) in [4.78, 5) is 0. The van der Waals surface area contributed by atoms with Crippen LogP contribution >= 0.6 is 0 Å². The second kappa shape index (κ2) is 6.37. The third-order valence-electron chi connectivity index (χ3n) is 2.02. The van der Waals surface area contributed by atoms with Crippen molar-refractivity contribution in [3.05, 3.63) is 29.6 Å². The molecule has 0 saturated heterocycles. The first kappa shape index (κ1) is 11.9. The molecule has 84 valence electrons. The Labute approximate surface area is 88.9 Å². The third kappa shape index (κ3) is 4.76. The smallest absolute Gasteiger partial charge is 0.127 e. The number of rotatable bonds is 6. The van der Waals surface area contributed by atoms with E-state index in [1.807, 2.05) is 0 Å². The molecule has 0 bridgehead atoms. The molecule has 0 aliphatic carbocycles. The average Bonchev–Trinajstić information content (AvgIpc) is 2.16. The summed E-state index contributed by atoms with van der Waals surface area (Å²) in [6.45, 7) is 2.18. The third-order valence-corrected chi connectivity index (χ3v) is 2.02. The van der Waals surface area contributed by atoms with Gasteiger partial charge in [0, 0.05) is 19.7 Å². The molecule has 3 nitrogen and oxygen atoms in total. The van der Waals surface area contributed by atoms with E-state index in [0.29, 0.717) is 13.0 Å². The fourth-order valence-electron chi connectivity index (χ4n) is 1.31. The van der Waals surface area contributed by atoms with Gasteiger partial charge in [0.1, 0.15) is 11.6 Å². The average molecular weight is 213 g/mol. The van der Waals surface area contributed by atoms with Crippen LogP contribution in [-0.2, 0) is 11.2 Å². The molecule has 0 heterocycles. The van der Waals surface area contributed by atoms with E-state index in [1.54, 1.807) is 13.2 Å². The minimum atomic E-state index is -0.401. The first-order valence-corrected chi connectivity index (χ1v) is 4.90. The van der Waals surface area contributed by atoms with E-state index in [9.17, 15) is 4.39 Å². The summed E-state index contributed by atoms with van der Waals surface area (Å²) in [5.41, 5.74) is 0.789. The van der Waals surface area contributed by atoms with Crippen LogP contribution in [0.15, 0.2) is 18.2 Å². The van der Waals surface area contributed by atoms with Crippen LogP contribution in [0.3, 0.4) is 0 Å². The number of phenolic OH excluding ortho intramolecular Hbond substituents is 1. The Morgan fingerprint density at radius 1 is 1.33 bits per heavy atom. The Morgan fingerprint density at radius 3 is 2.80 bits per heavy atom. The van der Waals surface area contributed by atoms with Crippen molar-refractivity contribution in [3.8, 4) is 5.75 Å². The minimum absolute atomic E-state index is 0.0260. The molecule has 0 atom stereocenters. The van der Waals surface area contributed by atoms with Gasteiger partial charge in [-0.2, -0.15) is 0 Å². The molecule has 0 aliphatic heterocycles. The normalized spacial score (nSPS) is 10.5. The molecule has 4 heteroatoms. The molecule has 0 radical (unpaired) electrons. The van der Waals surface area contributed by atoms with Gasteiger partial charge < -0.3 is 15.2 Å². The number of methoxy groups -OCH3 is 1. The molecule has 2 N–H and O–H groups in total. The first-order valence-electron chi connectivity index (χ1n) is 4.90. The van der Waals surface area contributed by atoms with Gasteiger partial charge in [-0.3, -0.25) is 0 Å². The highest BCUT2D eigenvalue weighted by Crippen LogP contribution is 2.14. The van der Waals surface area contributed by atoms with E-state index in [2.05, 4.69) is 5.32 Å². The van der Waals surface area contributed by atoms with Crippen molar-refractivity contribution in [3.63, 3.8) is 0 Å². The second-order valence-electron chi connectivity index (χ2n) is 3.31. The predicted octanol–water partition coefficient (Wildman–Crippen LogP) is 1.31. The predicted molar refractivity (Wildman–Crippen MR) is 56.5 cm³/mol. The topological polar surface area (TPSA) is 41.5 Å². The van der Waals surface area contributed by atoms with E-state index in [-0.39, 0.29) is 5.75 Å². The summed E-state index contributed by atoms with van der Waals surface area (Å²) < 4.78 is 17.7. The first-order chi connectivity index (χ1) is 7.22. The van der Waals surface area contributed by atoms with Gasteiger partial charge in [0.05, 0.1) is 6.61 Å². The Morgan fingerprint density at radius 2 is 2.13 bits per heavy atom. The number of phenols is 1. The molecule has 1 rings (SSSR count). The summed E-state index contributed by atoms with van der Waals surface area (Å²) >= 11 is 0. The lowest BCUT2D eigenvalue weighted by atomic mass is 10.1. The molecule has 0 saturated carbocycles. The molecule has 15 heavy (non-hydrogen) atoms. The van der Waals surface area contributed by atoms with Gasteiger partial charge in [-0.25, -0.2) is 4.39 Å². The molecule has 0 fully saturated rings. The van der Waals surface area contributed by atoms with Gasteiger partial charge in [0.2, 0.25) is 0 Å². The molecule has 1 aromatic carbocycles. The van der Waals surface area contributed by atoms with Crippen molar-refractivity contribution in [1.82, 2.24) is 5.32 Å². The monoisotopic (exact) mass is 213 g/mol. The number of halogens is 1.